The van der Waals surface area contributed by atoms with Gasteiger partial charge in [0.15, 0.2) is 11.1 Å². The SMILES string of the molecule is Cc1nn(-c2ccccc2)cc1CN=C(N)N1CCN(c2nccs2)CC1.I. The highest BCUT2D eigenvalue weighted by atomic mass is 127. The fraction of sp³-hybridized carbons (Fsp3) is 0.316. The lowest BCUT2D eigenvalue weighted by molar-refractivity contribution is 0.380. The summed E-state index contributed by atoms with van der Waals surface area (Å²) in [7, 11) is 0. The highest BCUT2D eigenvalue weighted by molar-refractivity contribution is 14.0. The highest BCUT2D eigenvalue weighted by Gasteiger charge is 2.19. The molecule has 9 heteroatoms. The summed E-state index contributed by atoms with van der Waals surface area (Å²) in [6.45, 7) is 6.09. The number of rotatable bonds is 4. The largest absolute Gasteiger partial charge is 0.370 e. The van der Waals surface area contributed by atoms with Gasteiger partial charge in [-0.05, 0) is 19.1 Å². The summed E-state index contributed by atoms with van der Waals surface area (Å²) in [6.07, 6.45) is 3.88. The van der Waals surface area contributed by atoms with Gasteiger partial charge in [0, 0.05) is 49.5 Å². The summed E-state index contributed by atoms with van der Waals surface area (Å²) in [5, 5.41) is 7.68. The van der Waals surface area contributed by atoms with Gasteiger partial charge in [-0.1, -0.05) is 18.2 Å². The van der Waals surface area contributed by atoms with Crippen LogP contribution in [0.15, 0.2) is 53.1 Å². The van der Waals surface area contributed by atoms with Crippen molar-refractivity contribution in [2.75, 3.05) is 31.1 Å². The van der Waals surface area contributed by atoms with Crippen LogP contribution in [0.1, 0.15) is 11.3 Å². The van der Waals surface area contributed by atoms with E-state index in [2.05, 4.69) is 24.9 Å². The molecule has 2 N–H and O–H groups in total. The Kier molecular flexibility index (Phi) is 6.89. The van der Waals surface area contributed by atoms with Gasteiger partial charge < -0.3 is 15.5 Å². The van der Waals surface area contributed by atoms with Gasteiger partial charge in [-0.25, -0.2) is 14.7 Å². The van der Waals surface area contributed by atoms with Crippen LogP contribution in [-0.2, 0) is 6.54 Å². The third kappa shape index (κ3) is 4.64. The first kappa shape index (κ1) is 20.6. The molecule has 1 saturated heterocycles. The Morgan fingerprint density at radius 3 is 2.61 bits per heavy atom. The van der Waals surface area contributed by atoms with E-state index < -0.39 is 0 Å². The lowest BCUT2D eigenvalue weighted by atomic mass is 10.2. The van der Waals surface area contributed by atoms with Crippen molar-refractivity contribution < 1.29 is 0 Å². The zero-order chi connectivity index (χ0) is 18.6. The quantitative estimate of drug-likeness (QED) is 0.333. The zero-order valence-corrected chi connectivity index (χ0v) is 18.9. The van der Waals surface area contributed by atoms with Gasteiger partial charge in [-0.3, -0.25) is 0 Å². The van der Waals surface area contributed by atoms with E-state index in [0.29, 0.717) is 12.5 Å². The van der Waals surface area contributed by atoms with Gasteiger partial charge in [-0.2, -0.15) is 5.10 Å². The van der Waals surface area contributed by atoms with Gasteiger partial charge >= 0.3 is 0 Å². The maximum absolute atomic E-state index is 6.25. The molecule has 4 rings (SSSR count). The first-order chi connectivity index (χ1) is 13.2. The van der Waals surface area contributed by atoms with Crippen LogP contribution in [0.3, 0.4) is 0 Å². The number of aliphatic imine (C=N–C) groups is 1. The standard InChI is InChI=1S/C19H23N7S.HI/c1-15-16(14-26(23-15)17-5-3-2-4-6-17)13-22-18(20)24-8-10-25(11-9-24)19-21-7-12-27-19;/h2-7,12,14H,8-11,13H2,1H3,(H2,20,22);1H. The lowest BCUT2D eigenvalue weighted by Gasteiger charge is -2.35. The monoisotopic (exact) mass is 509 g/mol. The minimum atomic E-state index is 0. The Morgan fingerprint density at radius 2 is 1.93 bits per heavy atom. The molecular weight excluding hydrogens is 485 g/mol. The second kappa shape index (κ2) is 9.37. The van der Waals surface area contributed by atoms with Crippen molar-refractivity contribution in [2.45, 2.75) is 13.5 Å². The van der Waals surface area contributed by atoms with Crippen molar-refractivity contribution in [2.24, 2.45) is 10.7 Å². The van der Waals surface area contributed by atoms with Gasteiger partial charge in [0.05, 0.1) is 17.9 Å². The minimum absolute atomic E-state index is 0. The predicted molar refractivity (Wildman–Crippen MR) is 125 cm³/mol. The molecule has 1 aliphatic heterocycles. The molecule has 0 bridgehead atoms. The van der Waals surface area contributed by atoms with Crippen LogP contribution in [0.2, 0.25) is 0 Å². The molecule has 7 nitrogen and oxygen atoms in total. The van der Waals surface area contributed by atoms with Crippen LogP contribution in [0, 0.1) is 6.92 Å². The fourth-order valence-electron chi connectivity index (χ4n) is 3.13. The summed E-state index contributed by atoms with van der Waals surface area (Å²) < 4.78 is 1.89. The van der Waals surface area contributed by atoms with Crippen molar-refractivity contribution in [1.29, 1.82) is 0 Å². The minimum Gasteiger partial charge on any atom is -0.370 e. The summed E-state index contributed by atoms with van der Waals surface area (Å²) in [5.41, 5.74) is 9.35. The van der Waals surface area contributed by atoms with E-state index in [0.717, 1.165) is 48.3 Å². The second-order valence-corrected chi connectivity index (χ2v) is 7.36. The molecule has 0 spiro atoms. The predicted octanol–water partition coefficient (Wildman–Crippen LogP) is 2.89. The number of halogens is 1. The molecule has 1 fully saturated rings. The van der Waals surface area contributed by atoms with Crippen molar-refractivity contribution in [3.05, 3.63) is 59.4 Å². The average molecular weight is 509 g/mol. The molecule has 0 unspecified atom stereocenters. The summed E-state index contributed by atoms with van der Waals surface area (Å²) in [6, 6.07) is 10.1. The molecule has 0 saturated carbocycles. The number of hydrogen-bond donors (Lipinski definition) is 1. The number of hydrogen-bond acceptors (Lipinski definition) is 5. The number of guanidine groups is 1. The third-order valence-corrected chi connectivity index (χ3v) is 5.56. The van der Waals surface area contributed by atoms with Gasteiger partial charge in [0.1, 0.15) is 0 Å². The van der Waals surface area contributed by atoms with Crippen molar-refractivity contribution in [3.63, 3.8) is 0 Å². The Balaban J connectivity index is 0.00000225. The van der Waals surface area contributed by atoms with E-state index >= 15 is 0 Å². The molecule has 3 aromatic rings. The summed E-state index contributed by atoms with van der Waals surface area (Å²) in [4.78, 5) is 13.4. The molecule has 1 aromatic carbocycles. The Bertz CT molecular complexity index is 900. The van der Waals surface area contributed by atoms with E-state index in [9.17, 15) is 0 Å². The molecule has 148 valence electrons. The number of para-hydroxylation sites is 1. The van der Waals surface area contributed by atoms with Crippen LogP contribution in [0.4, 0.5) is 5.13 Å². The Labute approximate surface area is 185 Å². The number of piperazine rings is 1. The molecule has 0 atom stereocenters. The van der Waals surface area contributed by atoms with E-state index in [1.165, 1.54) is 0 Å². The second-order valence-electron chi connectivity index (χ2n) is 6.48. The van der Waals surface area contributed by atoms with Crippen LogP contribution in [-0.4, -0.2) is 51.8 Å². The molecule has 28 heavy (non-hydrogen) atoms. The van der Waals surface area contributed by atoms with Crippen molar-refractivity contribution >= 4 is 46.4 Å². The molecular formula is C19H24IN7S. The smallest absolute Gasteiger partial charge is 0.191 e. The van der Waals surface area contributed by atoms with E-state index in [4.69, 9.17) is 5.73 Å². The average Bonchev–Trinajstić information content (AvgIpc) is 3.37. The third-order valence-electron chi connectivity index (χ3n) is 4.73. The number of aryl methyl sites for hydroxylation is 1. The first-order valence-corrected chi connectivity index (χ1v) is 9.88. The fourth-order valence-corrected chi connectivity index (χ4v) is 3.83. The number of thiazole rings is 1. The number of anilines is 1. The topological polar surface area (TPSA) is 75.6 Å². The van der Waals surface area contributed by atoms with Crippen molar-refractivity contribution in [3.8, 4) is 5.69 Å². The van der Waals surface area contributed by atoms with Gasteiger partial charge in [0.25, 0.3) is 0 Å². The van der Waals surface area contributed by atoms with Crippen LogP contribution >= 0.6 is 35.3 Å². The number of nitrogens with two attached hydrogens (primary N) is 1. The molecule has 3 heterocycles. The summed E-state index contributed by atoms with van der Waals surface area (Å²) in [5.74, 6) is 0.598. The molecule has 1 aliphatic rings. The molecule has 0 amide bonds. The van der Waals surface area contributed by atoms with Gasteiger partial charge in [0.2, 0.25) is 0 Å². The van der Waals surface area contributed by atoms with Crippen LogP contribution < -0.4 is 10.6 Å². The maximum Gasteiger partial charge on any atom is 0.191 e. The van der Waals surface area contributed by atoms with Crippen molar-refractivity contribution in [1.82, 2.24) is 19.7 Å². The Morgan fingerprint density at radius 1 is 1.18 bits per heavy atom. The lowest BCUT2D eigenvalue weighted by Crippen LogP contribution is -2.51. The normalized spacial score (nSPS) is 14.8. The maximum atomic E-state index is 6.25. The van der Waals surface area contributed by atoms with Crippen LogP contribution in [0.5, 0.6) is 0 Å². The number of nitrogens with zero attached hydrogens (tertiary/aromatic N) is 6. The Hall–Kier alpha value is -2.14. The first-order valence-electron chi connectivity index (χ1n) is 9.00. The number of benzene rings is 1. The molecule has 0 aliphatic carbocycles. The highest BCUT2D eigenvalue weighted by Crippen LogP contribution is 2.19. The molecule has 2 aromatic heterocycles. The summed E-state index contributed by atoms with van der Waals surface area (Å²) >= 11 is 1.67. The van der Waals surface area contributed by atoms with Gasteiger partial charge in [-0.15, -0.1) is 35.3 Å². The number of aromatic nitrogens is 3. The molecule has 0 radical (unpaired) electrons. The zero-order valence-electron chi connectivity index (χ0n) is 15.7. The van der Waals surface area contributed by atoms with E-state index in [1.807, 2.05) is 59.7 Å². The van der Waals surface area contributed by atoms with E-state index in [-0.39, 0.29) is 24.0 Å². The van der Waals surface area contributed by atoms with Crippen LogP contribution in [0.25, 0.3) is 5.69 Å². The van der Waals surface area contributed by atoms with E-state index in [1.54, 1.807) is 11.3 Å².